The fourth-order valence-corrected chi connectivity index (χ4v) is 2.36. The third kappa shape index (κ3) is 4.65. The molecular weight excluding hydrogens is 326 g/mol. The van der Waals surface area contributed by atoms with E-state index in [9.17, 15) is 9.59 Å². The number of hydrogen-bond acceptors (Lipinski definition) is 7. The highest BCUT2D eigenvalue weighted by Crippen LogP contribution is 2.18. The van der Waals surface area contributed by atoms with E-state index < -0.39 is 12.0 Å². The molecule has 1 unspecified atom stereocenters. The highest BCUT2D eigenvalue weighted by atomic mass is 16.5. The molecule has 136 valence electrons. The first-order chi connectivity index (χ1) is 11.8. The van der Waals surface area contributed by atoms with Crippen LogP contribution < -0.4 is 5.32 Å². The summed E-state index contributed by atoms with van der Waals surface area (Å²) in [6.07, 6.45) is 0.411. The molecule has 1 amide bonds. The Hall–Kier alpha value is -2.71. The molecule has 2 aromatic heterocycles. The van der Waals surface area contributed by atoms with Gasteiger partial charge in [0, 0.05) is 19.9 Å². The number of carbonyl (C=O) groups excluding carboxylic acids is 2. The van der Waals surface area contributed by atoms with Crippen LogP contribution in [0.15, 0.2) is 10.5 Å². The van der Waals surface area contributed by atoms with Crippen molar-refractivity contribution in [2.45, 2.75) is 39.7 Å². The minimum Gasteiger partial charge on any atom is -0.467 e. The molecule has 2 rings (SSSR count). The third-order valence-corrected chi connectivity index (χ3v) is 3.69. The average molecular weight is 349 g/mol. The molecule has 0 aliphatic heterocycles. The van der Waals surface area contributed by atoms with Crippen molar-refractivity contribution in [2.75, 3.05) is 7.11 Å². The zero-order valence-electron chi connectivity index (χ0n) is 15.1. The van der Waals surface area contributed by atoms with Gasteiger partial charge in [-0.05, 0) is 18.9 Å². The van der Waals surface area contributed by atoms with E-state index in [0.29, 0.717) is 17.5 Å². The van der Waals surface area contributed by atoms with Crippen LogP contribution in [-0.4, -0.2) is 45.0 Å². The average Bonchev–Trinajstić information content (AvgIpc) is 3.15. The second-order valence-electron chi connectivity index (χ2n) is 6.11. The highest BCUT2D eigenvalue weighted by Gasteiger charge is 2.25. The Morgan fingerprint density at radius 3 is 2.64 bits per heavy atom. The van der Waals surface area contributed by atoms with E-state index in [-0.39, 0.29) is 24.7 Å². The van der Waals surface area contributed by atoms with Crippen LogP contribution >= 0.6 is 0 Å². The number of amides is 1. The lowest BCUT2D eigenvalue weighted by atomic mass is 10.0. The molecule has 0 saturated carbocycles. The van der Waals surface area contributed by atoms with Gasteiger partial charge in [-0.3, -0.25) is 9.48 Å². The lowest BCUT2D eigenvalue weighted by molar-refractivity contribution is -0.146. The Bertz CT molecular complexity index is 750. The largest absolute Gasteiger partial charge is 0.467 e. The summed E-state index contributed by atoms with van der Waals surface area (Å²) in [5.41, 5.74) is 1.56. The first kappa shape index (κ1) is 18.6. The van der Waals surface area contributed by atoms with Crippen LogP contribution in [0.2, 0.25) is 0 Å². The maximum atomic E-state index is 12.1. The Kier molecular flexibility index (Phi) is 5.89. The van der Waals surface area contributed by atoms with Crippen LogP contribution in [0.1, 0.15) is 31.9 Å². The molecule has 0 saturated heterocycles. The van der Waals surface area contributed by atoms with Crippen LogP contribution in [0.5, 0.6) is 0 Å². The number of aryl methyl sites for hydroxylation is 3. The number of hydrogen-bond donors (Lipinski definition) is 1. The zero-order valence-corrected chi connectivity index (χ0v) is 15.1. The van der Waals surface area contributed by atoms with Gasteiger partial charge in [-0.2, -0.15) is 5.10 Å². The van der Waals surface area contributed by atoms with Gasteiger partial charge in [0.25, 0.3) is 5.89 Å². The van der Waals surface area contributed by atoms with Gasteiger partial charge in [0.15, 0.2) is 0 Å². The summed E-state index contributed by atoms with van der Waals surface area (Å²) in [6.45, 7) is 5.54. The molecule has 0 spiro atoms. The molecule has 0 bridgehead atoms. The lowest BCUT2D eigenvalue weighted by Crippen LogP contribution is -2.45. The van der Waals surface area contributed by atoms with Crippen molar-refractivity contribution in [1.29, 1.82) is 0 Å². The van der Waals surface area contributed by atoms with E-state index in [1.807, 2.05) is 26.8 Å². The van der Waals surface area contributed by atoms with Gasteiger partial charge in [0.1, 0.15) is 11.7 Å². The van der Waals surface area contributed by atoms with Crippen LogP contribution in [0.3, 0.4) is 0 Å². The summed E-state index contributed by atoms with van der Waals surface area (Å²) in [7, 11) is 3.09. The monoisotopic (exact) mass is 349 g/mol. The molecule has 0 aliphatic carbocycles. The molecule has 2 aromatic rings. The zero-order chi connectivity index (χ0) is 18.6. The molecule has 9 heteroatoms. The number of rotatable bonds is 7. The number of aromatic nitrogens is 4. The first-order valence-electron chi connectivity index (χ1n) is 8.02. The summed E-state index contributed by atoms with van der Waals surface area (Å²) < 4.78 is 11.9. The summed E-state index contributed by atoms with van der Waals surface area (Å²) in [5.74, 6) is -0.106. The molecule has 0 fully saturated rings. The first-order valence-corrected chi connectivity index (χ1v) is 8.02. The van der Waals surface area contributed by atoms with E-state index in [0.717, 1.165) is 5.69 Å². The highest BCUT2D eigenvalue weighted by molar-refractivity contribution is 5.84. The van der Waals surface area contributed by atoms with Gasteiger partial charge in [0.05, 0.1) is 12.8 Å². The Morgan fingerprint density at radius 2 is 2.08 bits per heavy atom. The minimum atomic E-state index is -0.673. The van der Waals surface area contributed by atoms with Gasteiger partial charge in [-0.1, -0.05) is 13.8 Å². The molecular formula is C16H23N5O4. The number of ether oxygens (including phenoxy) is 1. The molecule has 1 atom stereocenters. The molecule has 1 N–H and O–H groups in total. The maximum absolute atomic E-state index is 12.1. The minimum absolute atomic E-state index is 0.0699. The van der Waals surface area contributed by atoms with Crippen LogP contribution in [0.25, 0.3) is 11.6 Å². The fraction of sp³-hybridized carbons (Fsp3) is 0.562. The van der Waals surface area contributed by atoms with Gasteiger partial charge >= 0.3 is 5.97 Å². The SMILES string of the molecule is COC(=O)C(NC(=O)CCc1nnc(-c2cc(C)nn2C)o1)C(C)C. The summed E-state index contributed by atoms with van der Waals surface area (Å²) in [6, 6.07) is 1.17. The predicted octanol–water partition coefficient (Wildman–Crippen LogP) is 1.02. The van der Waals surface area contributed by atoms with Crippen molar-refractivity contribution in [2.24, 2.45) is 13.0 Å². The van der Waals surface area contributed by atoms with Crippen molar-refractivity contribution in [3.8, 4) is 11.6 Å². The summed E-state index contributed by atoms with van der Waals surface area (Å²) >= 11 is 0. The number of nitrogens with zero attached hydrogens (tertiary/aromatic N) is 4. The normalized spacial score (nSPS) is 12.2. The van der Waals surface area contributed by atoms with Crippen molar-refractivity contribution in [3.63, 3.8) is 0 Å². The molecule has 0 radical (unpaired) electrons. The van der Waals surface area contributed by atoms with Gasteiger partial charge in [0.2, 0.25) is 11.8 Å². The second kappa shape index (κ2) is 7.91. The molecule has 25 heavy (non-hydrogen) atoms. The topological polar surface area (TPSA) is 112 Å². The van der Waals surface area contributed by atoms with Crippen molar-refractivity contribution < 1.29 is 18.7 Å². The predicted molar refractivity (Wildman–Crippen MR) is 88.3 cm³/mol. The number of esters is 1. The van der Waals surface area contributed by atoms with E-state index in [1.54, 1.807) is 11.7 Å². The van der Waals surface area contributed by atoms with Gasteiger partial charge in [-0.15, -0.1) is 10.2 Å². The Balaban J connectivity index is 1.94. The quantitative estimate of drug-likeness (QED) is 0.743. The molecule has 0 aromatic carbocycles. The standard InChI is InChI=1S/C16H23N5O4/c1-9(2)14(16(23)24-5)17-12(22)6-7-13-18-19-15(25-13)11-8-10(3)20-21(11)4/h8-9,14H,6-7H2,1-5H3,(H,17,22). The fourth-order valence-electron chi connectivity index (χ4n) is 2.36. The van der Waals surface area contributed by atoms with E-state index >= 15 is 0 Å². The van der Waals surface area contributed by atoms with Crippen molar-refractivity contribution in [3.05, 3.63) is 17.7 Å². The number of carbonyl (C=O) groups is 2. The molecule has 2 heterocycles. The summed E-state index contributed by atoms with van der Waals surface area (Å²) in [4.78, 5) is 23.7. The van der Waals surface area contributed by atoms with E-state index in [2.05, 4.69) is 20.6 Å². The number of methoxy groups -OCH3 is 1. The van der Waals surface area contributed by atoms with Gasteiger partial charge < -0.3 is 14.5 Å². The smallest absolute Gasteiger partial charge is 0.328 e. The Morgan fingerprint density at radius 1 is 1.36 bits per heavy atom. The van der Waals surface area contributed by atoms with Crippen LogP contribution in [-0.2, 0) is 27.8 Å². The van der Waals surface area contributed by atoms with E-state index in [1.165, 1.54) is 7.11 Å². The second-order valence-corrected chi connectivity index (χ2v) is 6.11. The maximum Gasteiger partial charge on any atom is 0.328 e. The Labute approximate surface area is 145 Å². The number of nitrogens with one attached hydrogen (secondary N) is 1. The third-order valence-electron chi connectivity index (χ3n) is 3.69. The summed E-state index contributed by atoms with van der Waals surface area (Å²) in [5, 5.41) is 14.8. The molecule has 9 nitrogen and oxygen atoms in total. The van der Waals surface area contributed by atoms with Crippen LogP contribution in [0, 0.1) is 12.8 Å². The van der Waals surface area contributed by atoms with Crippen molar-refractivity contribution in [1.82, 2.24) is 25.3 Å². The van der Waals surface area contributed by atoms with Crippen LogP contribution in [0.4, 0.5) is 0 Å². The van der Waals surface area contributed by atoms with Crippen molar-refractivity contribution >= 4 is 11.9 Å². The van der Waals surface area contributed by atoms with E-state index in [4.69, 9.17) is 9.15 Å². The van der Waals surface area contributed by atoms with Gasteiger partial charge in [-0.25, -0.2) is 4.79 Å². The lowest BCUT2D eigenvalue weighted by Gasteiger charge is -2.19. The molecule has 0 aliphatic rings.